The number of imidazole rings is 1. The highest BCUT2D eigenvalue weighted by molar-refractivity contribution is 6.15. The molecule has 1 aromatic heterocycles. The molecule has 3 aromatic carbocycles. The first-order chi connectivity index (χ1) is 25.2. The second-order valence-corrected chi connectivity index (χ2v) is 12.0. The van der Waals surface area contributed by atoms with Crippen molar-refractivity contribution < 1.29 is 38.6 Å². The number of aliphatic hydroxyl groups is 1. The second kappa shape index (κ2) is 20.3. The molecule has 4 rings (SSSR count). The Morgan fingerprint density at radius 3 is 2.02 bits per heavy atom. The molecule has 0 spiro atoms. The van der Waals surface area contributed by atoms with Crippen molar-refractivity contribution >= 4 is 41.6 Å². The first-order valence-electron chi connectivity index (χ1n) is 16.6. The van der Waals surface area contributed by atoms with Crippen molar-refractivity contribution in [3.8, 4) is 0 Å². The van der Waals surface area contributed by atoms with Crippen LogP contribution >= 0.6 is 11.8 Å². The molecule has 0 saturated heterocycles. The van der Waals surface area contributed by atoms with Crippen LogP contribution in [0.3, 0.4) is 0 Å². The minimum Gasteiger partial charge on any atom is -0.459 e. The number of aliphatic hydroxyl groups excluding tert-OH is 1. The van der Waals surface area contributed by atoms with Gasteiger partial charge in [-0.25, -0.2) is 24.0 Å². The highest BCUT2D eigenvalue weighted by Gasteiger charge is 2.31. The Kier molecular flexibility index (Phi) is 15.3. The van der Waals surface area contributed by atoms with E-state index in [0.717, 1.165) is 15.7 Å². The average molecular weight is 733 g/mol. The number of carbonyl (C=O) groups excluding carboxylic acids is 5. The van der Waals surface area contributed by atoms with E-state index in [9.17, 15) is 29.1 Å². The molecule has 0 aliphatic carbocycles. The van der Waals surface area contributed by atoms with E-state index >= 15 is 0 Å². The lowest BCUT2D eigenvalue weighted by Gasteiger charge is -2.25. The molecule has 2 unspecified atom stereocenters. The third kappa shape index (κ3) is 12.0. The number of amides is 3. The molecule has 52 heavy (non-hydrogen) atoms. The summed E-state index contributed by atoms with van der Waals surface area (Å²) in [6.07, 6.45) is 0.946. The molecular formula is C37H41ClN6O8. The van der Waals surface area contributed by atoms with Crippen LogP contribution in [-0.2, 0) is 48.3 Å². The van der Waals surface area contributed by atoms with Crippen LogP contribution in [0.25, 0.3) is 0 Å². The normalized spacial score (nSPS) is 13.1. The molecule has 15 heteroatoms. The van der Waals surface area contributed by atoms with Crippen LogP contribution in [0.15, 0.2) is 104 Å². The van der Waals surface area contributed by atoms with Gasteiger partial charge in [0.2, 0.25) is 11.8 Å². The van der Waals surface area contributed by atoms with Crippen molar-refractivity contribution in [2.45, 2.75) is 63.6 Å². The van der Waals surface area contributed by atoms with Crippen molar-refractivity contribution in [3.63, 3.8) is 0 Å². The lowest BCUT2D eigenvalue weighted by molar-refractivity contribution is -0.149. The number of halogens is 1. The zero-order chi connectivity index (χ0) is 37.3. The van der Waals surface area contributed by atoms with Crippen molar-refractivity contribution in [2.75, 3.05) is 6.54 Å². The van der Waals surface area contributed by atoms with Crippen molar-refractivity contribution in [1.82, 2.24) is 30.3 Å². The number of nitrogens with zero attached hydrogens (tertiary/aromatic N) is 2. The summed E-state index contributed by atoms with van der Waals surface area (Å²) in [6.45, 7) is 1.30. The van der Waals surface area contributed by atoms with Crippen LogP contribution in [0.1, 0.15) is 48.2 Å². The van der Waals surface area contributed by atoms with E-state index in [4.69, 9.17) is 21.3 Å². The molecule has 0 aliphatic heterocycles. The standard InChI is InChI=1S/C37H41ClN6O8/c1-2-12-29(41-34(47)30(43-38)19-28-21-44(24-40-28)37(50)52-23-26-15-8-4-9-16-26)33(46)35(48)39-20-31(45)42-32(27-17-10-5-11-18-27)36(49)51-22-25-13-6-3-7-14-25/h3-11,13-18,21,24,29-30,32-33,43,46H,2,12,19-20,22-23H2,1H3,(H,39,48)(H,41,47)(H,42,45)/t29?,30-,32-,33?/m0/s1. The molecule has 4 atom stereocenters. The summed E-state index contributed by atoms with van der Waals surface area (Å²) in [5, 5.41) is 18.5. The van der Waals surface area contributed by atoms with Gasteiger partial charge in [-0.15, -0.1) is 0 Å². The van der Waals surface area contributed by atoms with Crippen molar-refractivity contribution in [3.05, 3.63) is 126 Å². The Labute approximate surface area is 306 Å². The minimum absolute atomic E-state index is 0.000475. The Bertz CT molecular complexity index is 1760. The predicted molar refractivity (Wildman–Crippen MR) is 190 cm³/mol. The maximum Gasteiger partial charge on any atom is 0.419 e. The third-order valence-electron chi connectivity index (χ3n) is 7.81. The Morgan fingerprint density at radius 2 is 1.42 bits per heavy atom. The molecule has 1 heterocycles. The van der Waals surface area contributed by atoms with Gasteiger partial charge in [0, 0.05) is 12.6 Å². The Balaban J connectivity index is 1.29. The lowest BCUT2D eigenvalue weighted by atomic mass is 10.0. The summed E-state index contributed by atoms with van der Waals surface area (Å²) in [7, 11) is 0. The van der Waals surface area contributed by atoms with Crippen LogP contribution in [-0.4, -0.2) is 69.2 Å². The molecule has 3 amide bonds. The van der Waals surface area contributed by atoms with E-state index in [-0.39, 0.29) is 26.1 Å². The molecule has 0 bridgehead atoms. The number of ether oxygens (including phenoxy) is 2. The maximum absolute atomic E-state index is 13.2. The molecule has 0 aliphatic rings. The minimum atomic E-state index is -1.73. The van der Waals surface area contributed by atoms with Crippen LogP contribution in [0, 0.1) is 0 Å². The van der Waals surface area contributed by atoms with E-state index in [1.165, 1.54) is 12.5 Å². The van der Waals surface area contributed by atoms with E-state index in [1.54, 1.807) is 49.4 Å². The largest absolute Gasteiger partial charge is 0.459 e. The number of hydrogen-bond acceptors (Lipinski definition) is 10. The summed E-state index contributed by atoms with van der Waals surface area (Å²) < 4.78 is 11.9. The quantitative estimate of drug-likeness (QED) is 0.0751. The molecular weight excluding hydrogens is 692 g/mol. The molecule has 14 nitrogen and oxygen atoms in total. The summed E-state index contributed by atoms with van der Waals surface area (Å²) >= 11 is 5.89. The highest BCUT2D eigenvalue weighted by atomic mass is 35.5. The van der Waals surface area contributed by atoms with Crippen LogP contribution < -0.4 is 20.8 Å². The van der Waals surface area contributed by atoms with E-state index in [0.29, 0.717) is 17.7 Å². The second-order valence-electron chi connectivity index (χ2n) is 11.7. The fourth-order valence-corrected chi connectivity index (χ4v) is 5.23. The number of benzene rings is 3. The zero-order valence-electron chi connectivity index (χ0n) is 28.4. The smallest absolute Gasteiger partial charge is 0.419 e. The topological polar surface area (TPSA) is 190 Å². The SMILES string of the molecule is CCCC(NC(=O)[C@H](Cc1cn(C(=O)OCc2ccccc2)cn1)NCl)C(O)C(=O)NCC(=O)N[C@H](C(=O)OCc1ccccc1)c1ccccc1. The van der Waals surface area contributed by atoms with Crippen molar-refractivity contribution in [1.29, 1.82) is 0 Å². The van der Waals surface area contributed by atoms with E-state index in [1.807, 2.05) is 48.5 Å². The van der Waals surface area contributed by atoms with Gasteiger partial charge in [0.05, 0.1) is 18.3 Å². The Hall–Kier alpha value is -5.57. The predicted octanol–water partition coefficient (Wildman–Crippen LogP) is 3.09. The Morgan fingerprint density at radius 1 is 0.827 bits per heavy atom. The van der Waals surface area contributed by atoms with Crippen molar-refractivity contribution in [2.24, 2.45) is 0 Å². The van der Waals surface area contributed by atoms with Crippen LogP contribution in [0.2, 0.25) is 0 Å². The molecule has 0 saturated carbocycles. The first-order valence-corrected chi connectivity index (χ1v) is 17.0. The van der Waals surface area contributed by atoms with Gasteiger partial charge in [-0.05, 0) is 34.9 Å². The van der Waals surface area contributed by atoms with E-state index in [2.05, 4.69) is 25.8 Å². The van der Waals surface area contributed by atoms with Gasteiger partial charge >= 0.3 is 12.1 Å². The summed E-state index contributed by atoms with van der Waals surface area (Å²) in [5.41, 5.74) is 2.40. The summed E-state index contributed by atoms with van der Waals surface area (Å²) in [6, 6.07) is 23.5. The fourth-order valence-electron chi connectivity index (χ4n) is 5.06. The van der Waals surface area contributed by atoms with Gasteiger partial charge in [-0.3, -0.25) is 14.4 Å². The molecule has 0 fully saturated rings. The summed E-state index contributed by atoms with van der Waals surface area (Å²) in [5.74, 6) is -2.96. The van der Waals surface area contributed by atoms with Gasteiger partial charge in [0.1, 0.15) is 25.6 Å². The molecule has 0 radical (unpaired) electrons. The number of aromatic nitrogens is 2. The van der Waals surface area contributed by atoms with Gasteiger partial charge in [0.15, 0.2) is 12.1 Å². The molecule has 274 valence electrons. The van der Waals surface area contributed by atoms with E-state index < -0.39 is 60.6 Å². The van der Waals surface area contributed by atoms with Gasteiger partial charge in [0.25, 0.3) is 5.91 Å². The number of rotatable bonds is 18. The van der Waals surface area contributed by atoms with Gasteiger partial charge < -0.3 is 30.5 Å². The number of nitrogens with one attached hydrogen (secondary N) is 4. The van der Waals surface area contributed by atoms with Crippen LogP contribution in [0.4, 0.5) is 4.79 Å². The number of hydrogen-bond donors (Lipinski definition) is 5. The average Bonchev–Trinajstić information content (AvgIpc) is 3.65. The number of esters is 1. The first kappa shape index (κ1) is 39.2. The highest BCUT2D eigenvalue weighted by Crippen LogP contribution is 2.16. The maximum atomic E-state index is 13.2. The zero-order valence-corrected chi connectivity index (χ0v) is 29.2. The monoisotopic (exact) mass is 732 g/mol. The summed E-state index contributed by atoms with van der Waals surface area (Å²) in [4.78, 5) is 71.1. The van der Waals surface area contributed by atoms with Gasteiger partial charge in [-0.2, -0.15) is 0 Å². The number of carbonyl (C=O) groups is 5. The molecule has 5 N–H and O–H groups in total. The van der Waals surface area contributed by atoms with Gasteiger partial charge in [-0.1, -0.05) is 104 Å². The third-order valence-corrected chi connectivity index (χ3v) is 8.08. The molecule has 4 aromatic rings. The fraction of sp³-hybridized carbons (Fsp3) is 0.297. The lowest BCUT2D eigenvalue weighted by Crippen LogP contribution is -2.55. The van der Waals surface area contributed by atoms with Crippen LogP contribution in [0.5, 0.6) is 0 Å².